The van der Waals surface area contributed by atoms with E-state index in [4.69, 9.17) is 9.84 Å². The van der Waals surface area contributed by atoms with Crippen molar-refractivity contribution in [2.75, 3.05) is 33.4 Å². The second-order valence-electron chi connectivity index (χ2n) is 3.89. The molecule has 0 rings (SSSR count). The predicted octanol–water partition coefficient (Wildman–Crippen LogP) is 0.385. The first-order valence-corrected chi connectivity index (χ1v) is 5.20. The summed E-state index contributed by atoms with van der Waals surface area (Å²) < 4.78 is 4.89. The maximum Gasteiger partial charge on any atom is 0.323 e. The van der Waals surface area contributed by atoms with E-state index < -0.39 is 5.97 Å². The van der Waals surface area contributed by atoms with Gasteiger partial charge in [0, 0.05) is 20.2 Å². The van der Waals surface area contributed by atoms with E-state index >= 15 is 0 Å². The maximum atomic E-state index is 11.6. The smallest absolute Gasteiger partial charge is 0.323 e. The summed E-state index contributed by atoms with van der Waals surface area (Å²) in [5, 5.41) is 10.8. The number of carbonyl (C=O) groups excluding carboxylic acids is 1. The fraction of sp³-hybridized carbons (Fsp3) is 0.800. The van der Waals surface area contributed by atoms with Crippen LogP contribution in [0.3, 0.4) is 0 Å². The topological polar surface area (TPSA) is 78.9 Å². The van der Waals surface area contributed by atoms with Crippen molar-refractivity contribution in [3.63, 3.8) is 0 Å². The van der Waals surface area contributed by atoms with E-state index in [0.717, 1.165) is 0 Å². The lowest BCUT2D eigenvalue weighted by Gasteiger charge is -2.24. The third kappa shape index (κ3) is 7.05. The van der Waals surface area contributed by atoms with Crippen LogP contribution in [0.2, 0.25) is 0 Å². The van der Waals surface area contributed by atoms with Crippen molar-refractivity contribution in [3.8, 4) is 0 Å². The Labute approximate surface area is 95.6 Å². The summed E-state index contributed by atoms with van der Waals surface area (Å²) in [4.78, 5) is 23.4. The summed E-state index contributed by atoms with van der Waals surface area (Å²) in [6.45, 7) is 5.09. The van der Waals surface area contributed by atoms with Gasteiger partial charge in [-0.1, -0.05) is 13.8 Å². The van der Waals surface area contributed by atoms with Crippen molar-refractivity contribution < 1.29 is 19.4 Å². The molecule has 0 unspecified atom stereocenters. The van der Waals surface area contributed by atoms with Gasteiger partial charge in [-0.3, -0.25) is 4.79 Å². The van der Waals surface area contributed by atoms with Crippen LogP contribution in [0, 0.1) is 5.92 Å². The van der Waals surface area contributed by atoms with Gasteiger partial charge < -0.3 is 20.1 Å². The monoisotopic (exact) mass is 232 g/mol. The van der Waals surface area contributed by atoms with Crippen LogP contribution in [-0.2, 0) is 9.53 Å². The fourth-order valence-electron chi connectivity index (χ4n) is 1.18. The number of amides is 2. The van der Waals surface area contributed by atoms with Crippen LogP contribution < -0.4 is 5.32 Å². The van der Waals surface area contributed by atoms with Crippen LogP contribution in [0.5, 0.6) is 0 Å². The lowest BCUT2D eigenvalue weighted by molar-refractivity contribution is -0.135. The summed E-state index contributed by atoms with van der Waals surface area (Å²) >= 11 is 0. The van der Waals surface area contributed by atoms with Crippen molar-refractivity contribution in [1.82, 2.24) is 10.2 Å². The summed E-state index contributed by atoms with van der Waals surface area (Å²) in [5.74, 6) is -0.725. The SMILES string of the molecule is COCCN(CC(C)C)C(=O)NCC(=O)O. The molecule has 0 atom stereocenters. The third-order valence-corrected chi connectivity index (χ3v) is 1.83. The van der Waals surface area contributed by atoms with E-state index in [9.17, 15) is 9.59 Å². The molecule has 0 spiro atoms. The van der Waals surface area contributed by atoms with Gasteiger partial charge in [-0.05, 0) is 5.92 Å². The van der Waals surface area contributed by atoms with Crippen LogP contribution in [0.4, 0.5) is 4.79 Å². The standard InChI is InChI=1S/C10H20N2O4/c1-8(2)7-12(4-5-16-3)10(15)11-6-9(13)14/h8H,4-7H2,1-3H3,(H,11,15)(H,13,14). The Bertz CT molecular complexity index is 231. The molecule has 0 heterocycles. The number of urea groups is 1. The highest BCUT2D eigenvalue weighted by molar-refractivity contribution is 5.79. The second kappa shape index (κ2) is 7.92. The summed E-state index contributed by atoms with van der Waals surface area (Å²) in [5.41, 5.74) is 0. The summed E-state index contributed by atoms with van der Waals surface area (Å²) in [6, 6.07) is -0.367. The largest absolute Gasteiger partial charge is 0.480 e. The Hall–Kier alpha value is -1.30. The third-order valence-electron chi connectivity index (χ3n) is 1.83. The average molecular weight is 232 g/mol. The zero-order valence-corrected chi connectivity index (χ0v) is 10.0. The molecule has 0 aliphatic rings. The van der Waals surface area contributed by atoms with Gasteiger partial charge in [-0.15, -0.1) is 0 Å². The Morgan fingerprint density at radius 2 is 2.06 bits per heavy atom. The van der Waals surface area contributed by atoms with Crippen LogP contribution in [0.15, 0.2) is 0 Å². The fourth-order valence-corrected chi connectivity index (χ4v) is 1.18. The minimum atomic E-state index is -1.05. The van der Waals surface area contributed by atoms with Crippen molar-refractivity contribution >= 4 is 12.0 Å². The van der Waals surface area contributed by atoms with Gasteiger partial charge >= 0.3 is 12.0 Å². The van der Waals surface area contributed by atoms with Gasteiger partial charge in [0.05, 0.1) is 6.61 Å². The van der Waals surface area contributed by atoms with E-state index in [1.165, 1.54) is 0 Å². The number of nitrogens with zero attached hydrogens (tertiary/aromatic N) is 1. The number of ether oxygens (including phenoxy) is 1. The number of hydrogen-bond donors (Lipinski definition) is 2. The zero-order chi connectivity index (χ0) is 12.6. The van der Waals surface area contributed by atoms with Gasteiger partial charge in [0.1, 0.15) is 6.54 Å². The Kier molecular flexibility index (Phi) is 7.28. The number of carboxylic acid groups (broad SMARTS) is 1. The Balaban J connectivity index is 4.14. The number of hydrogen-bond acceptors (Lipinski definition) is 3. The molecule has 94 valence electrons. The molecule has 16 heavy (non-hydrogen) atoms. The first-order chi connectivity index (χ1) is 7.47. The maximum absolute atomic E-state index is 11.6. The van der Waals surface area contributed by atoms with Crippen LogP contribution in [0.25, 0.3) is 0 Å². The lowest BCUT2D eigenvalue weighted by Crippen LogP contribution is -2.45. The zero-order valence-electron chi connectivity index (χ0n) is 10.0. The molecule has 2 amide bonds. The molecule has 0 aliphatic carbocycles. The predicted molar refractivity (Wildman–Crippen MR) is 59.3 cm³/mol. The van der Waals surface area contributed by atoms with Crippen molar-refractivity contribution in [3.05, 3.63) is 0 Å². The number of nitrogens with one attached hydrogen (secondary N) is 1. The Morgan fingerprint density at radius 3 is 2.50 bits per heavy atom. The highest BCUT2D eigenvalue weighted by atomic mass is 16.5. The molecule has 0 aliphatic heterocycles. The van der Waals surface area contributed by atoms with Crippen molar-refractivity contribution in [1.29, 1.82) is 0 Å². The van der Waals surface area contributed by atoms with Crippen molar-refractivity contribution in [2.24, 2.45) is 5.92 Å². The summed E-state index contributed by atoms with van der Waals surface area (Å²) in [6.07, 6.45) is 0. The molecule has 2 N–H and O–H groups in total. The lowest BCUT2D eigenvalue weighted by atomic mass is 10.2. The molecule has 0 fully saturated rings. The van der Waals surface area contributed by atoms with Gasteiger partial charge in [0.15, 0.2) is 0 Å². The minimum Gasteiger partial charge on any atom is -0.480 e. The normalized spacial score (nSPS) is 10.2. The molecule has 0 saturated heterocycles. The molecule has 0 aromatic carbocycles. The molecule has 0 aromatic rings. The van der Waals surface area contributed by atoms with Crippen molar-refractivity contribution in [2.45, 2.75) is 13.8 Å². The molecule has 6 heteroatoms. The van der Waals surface area contributed by atoms with Gasteiger partial charge in [0.2, 0.25) is 0 Å². The Morgan fingerprint density at radius 1 is 1.44 bits per heavy atom. The number of aliphatic carboxylic acids is 1. The highest BCUT2D eigenvalue weighted by Gasteiger charge is 2.14. The van der Waals surface area contributed by atoms with E-state index in [2.05, 4.69) is 5.32 Å². The first-order valence-electron chi connectivity index (χ1n) is 5.20. The van der Waals surface area contributed by atoms with Crippen LogP contribution >= 0.6 is 0 Å². The number of carbonyl (C=O) groups is 2. The number of methoxy groups -OCH3 is 1. The van der Waals surface area contributed by atoms with Crippen LogP contribution in [0.1, 0.15) is 13.8 Å². The highest BCUT2D eigenvalue weighted by Crippen LogP contribution is 1.99. The van der Waals surface area contributed by atoms with E-state index in [1.807, 2.05) is 13.8 Å². The molecular weight excluding hydrogens is 212 g/mol. The molecule has 0 saturated carbocycles. The van der Waals surface area contributed by atoms with Gasteiger partial charge in [-0.2, -0.15) is 0 Å². The number of carboxylic acids is 1. The van der Waals surface area contributed by atoms with E-state index in [0.29, 0.717) is 25.6 Å². The molecule has 6 nitrogen and oxygen atoms in total. The van der Waals surface area contributed by atoms with Gasteiger partial charge in [0.25, 0.3) is 0 Å². The molecular formula is C10H20N2O4. The van der Waals surface area contributed by atoms with Crippen LogP contribution in [-0.4, -0.2) is 55.4 Å². The van der Waals surface area contributed by atoms with E-state index in [1.54, 1.807) is 12.0 Å². The summed E-state index contributed by atoms with van der Waals surface area (Å²) in [7, 11) is 1.56. The number of rotatable bonds is 7. The molecule has 0 radical (unpaired) electrons. The van der Waals surface area contributed by atoms with Gasteiger partial charge in [-0.25, -0.2) is 4.79 Å². The minimum absolute atomic E-state index is 0.326. The molecule has 0 aromatic heterocycles. The quantitative estimate of drug-likeness (QED) is 0.665. The molecule has 0 bridgehead atoms. The first kappa shape index (κ1) is 14.7. The second-order valence-corrected chi connectivity index (χ2v) is 3.89. The van der Waals surface area contributed by atoms with E-state index in [-0.39, 0.29) is 12.6 Å². The average Bonchev–Trinajstić information content (AvgIpc) is 2.20.